The van der Waals surface area contributed by atoms with Gasteiger partial charge in [0.25, 0.3) is 0 Å². The van der Waals surface area contributed by atoms with E-state index in [-0.39, 0.29) is 30.5 Å². The summed E-state index contributed by atoms with van der Waals surface area (Å²) >= 11 is 0. The standard InChI is InChI=1S/C21H34N2O4/c1-3-4-7-11-20(24)23(2)22-15-17-16(18-13-14-19(17)27-18)10-8-5-6-9-12-21(25)26/h5,8,15-19H,3-4,6-7,9-14H2,1-2H3,(H,25,26)/b8-5-,22-15?/t16-,17+,18-,19+/m1/s1. The van der Waals surface area contributed by atoms with Crippen LogP contribution in [0.5, 0.6) is 0 Å². The second-order valence-electron chi connectivity index (χ2n) is 7.66. The van der Waals surface area contributed by atoms with Crippen molar-refractivity contribution in [3.63, 3.8) is 0 Å². The second kappa shape index (κ2) is 11.2. The van der Waals surface area contributed by atoms with E-state index in [1.54, 1.807) is 7.05 Å². The summed E-state index contributed by atoms with van der Waals surface area (Å²) < 4.78 is 6.07. The quantitative estimate of drug-likeness (QED) is 0.241. The van der Waals surface area contributed by atoms with Gasteiger partial charge in [0, 0.05) is 32.0 Å². The van der Waals surface area contributed by atoms with Crippen molar-refractivity contribution < 1.29 is 19.4 Å². The summed E-state index contributed by atoms with van der Waals surface area (Å²) in [5.41, 5.74) is 0. The monoisotopic (exact) mass is 378 g/mol. The Morgan fingerprint density at radius 1 is 1.15 bits per heavy atom. The molecule has 0 saturated carbocycles. The van der Waals surface area contributed by atoms with E-state index in [2.05, 4.69) is 24.2 Å². The highest BCUT2D eigenvalue weighted by Crippen LogP contribution is 2.44. The number of nitrogens with zero attached hydrogens (tertiary/aromatic N) is 2. The van der Waals surface area contributed by atoms with E-state index in [1.807, 2.05) is 6.21 Å². The minimum Gasteiger partial charge on any atom is -0.481 e. The molecule has 1 N–H and O–H groups in total. The molecule has 0 aromatic rings. The predicted molar refractivity (Wildman–Crippen MR) is 106 cm³/mol. The minimum atomic E-state index is -0.741. The van der Waals surface area contributed by atoms with E-state index in [4.69, 9.17) is 9.84 Å². The number of aliphatic carboxylic acids is 1. The summed E-state index contributed by atoms with van der Waals surface area (Å²) in [4.78, 5) is 22.6. The summed E-state index contributed by atoms with van der Waals surface area (Å²) in [6, 6.07) is 0. The average Bonchev–Trinajstić information content (AvgIpc) is 3.24. The number of carboxylic acids is 1. The van der Waals surface area contributed by atoms with Gasteiger partial charge in [0.15, 0.2) is 0 Å². The molecule has 4 atom stereocenters. The Kier molecular flexibility index (Phi) is 8.98. The van der Waals surface area contributed by atoms with E-state index >= 15 is 0 Å². The van der Waals surface area contributed by atoms with Crippen LogP contribution in [-0.2, 0) is 14.3 Å². The molecule has 0 aromatic heterocycles. The third-order valence-electron chi connectivity index (χ3n) is 5.59. The highest BCUT2D eigenvalue weighted by atomic mass is 16.5. The van der Waals surface area contributed by atoms with Crippen molar-refractivity contribution in [2.45, 2.75) is 83.3 Å². The van der Waals surface area contributed by atoms with Crippen molar-refractivity contribution in [3.8, 4) is 0 Å². The number of ether oxygens (including phenoxy) is 1. The Hall–Kier alpha value is -1.69. The van der Waals surface area contributed by atoms with E-state index < -0.39 is 5.97 Å². The Morgan fingerprint density at radius 3 is 2.67 bits per heavy atom. The van der Waals surface area contributed by atoms with Crippen LogP contribution in [-0.4, -0.2) is 47.5 Å². The van der Waals surface area contributed by atoms with Gasteiger partial charge in [0.2, 0.25) is 5.91 Å². The fourth-order valence-corrected chi connectivity index (χ4v) is 4.00. The van der Waals surface area contributed by atoms with E-state index in [9.17, 15) is 9.59 Å². The van der Waals surface area contributed by atoms with Crippen LogP contribution in [0.4, 0.5) is 0 Å². The van der Waals surface area contributed by atoms with Crippen LogP contribution in [0.1, 0.15) is 71.1 Å². The smallest absolute Gasteiger partial charge is 0.303 e. The molecule has 0 spiro atoms. The number of carbonyl (C=O) groups is 2. The molecule has 2 fully saturated rings. The first kappa shape index (κ1) is 21.6. The zero-order valence-electron chi connectivity index (χ0n) is 16.7. The molecule has 27 heavy (non-hydrogen) atoms. The normalized spacial score (nSPS) is 27.0. The van der Waals surface area contributed by atoms with Crippen LogP contribution in [0, 0.1) is 11.8 Å². The molecule has 0 aliphatic carbocycles. The molecule has 2 saturated heterocycles. The Balaban J connectivity index is 1.82. The van der Waals surface area contributed by atoms with Crippen molar-refractivity contribution >= 4 is 18.1 Å². The van der Waals surface area contributed by atoms with Gasteiger partial charge < -0.3 is 9.84 Å². The molecule has 152 valence electrons. The summed E-state index contributed by atoms with van der Waals surface area (Å²) in [5, 5.41) is 14.6. The Labute approximate surface area is 162 Å². The van der Waals surface area contributed by atoms with Gasteiger partial charge >= 0.3 is 5.97 Å². The van der Waals surface area contributed by atoms with Gasteiger partial charge in [-0.3, -0.25) is 9.59 Å². The number of allylic oxidation sites excluding steroid dienone is 2. The van der Waals surface area contributed by atoms with Gasteiger partial charge in [-0.15, -0.1) is 0 Å². The predicted octanol–water partition coefficient (Wildman–Crippen LogP) is 4.01. The van der Waals surface area contributed by atoms with Crippen LogP contribution in [0.15, 0.2) is 17.3 Å². The lowest BCUT2D eigenvalue weighted by atomic mass is 9.78. The number of rotatable bonds is 12. The molecule has 0 aromatic carbocycles. The van der Waals surface area contributed by atoms with Crippen molar-refractivity contribution in [2.24, 2.45) is 16.9 Å². The van der Waals surface area contributed by atoms with Gasteiger partial charge in [-0.05, 0) is 44.4 Å². The molecule has 1 amide bonds. The number of hydrogen-bond donors (Lipinski definition) is 1. The minimum absolute atomic E-state index is 0.0682. The largest absolute Gasteiger partial charge is 0.481 e. The molecule has 0 unspecified atom stereocenters. The molecule has 2 aliphatic heterocycles. The number of carbonyl (C=O) groups excluding carboxylic acids is 1. The van der Waals surface area contributed by atoms with Crippen LogP contribution in [0.3, 0.4) is 0 Å². The fourth-order valence-electron chi connectivity index (χ4n) is 4.00. The van der Waals surface area contributed by atoms with Crippen LogP contribution >= 0.6 is 0 Å². The molecule has 6 heteroatoms. The van der Waals surface area contributed by atoms with Gasteiger partial charge in [-0.1, -0.05) is 31.9 Å². The number of fused-ring (bicyclic) bond motifs is 2. The van der Waals surface area contributed by atoms with E-state index in [0.29, 0.717) is 18.8 Å². The van der Waals surface area contributed by atoms with Crippen LogP contribution in [0.2, 0.25) is 0 Å². The number of amides is 1. The SMILES string of the molecule is CCCCCC(=O)N(C)N=C[C@H]1[C@@H](C/C=C\CCCC(=O)O)[C@H]2CC[C@@H]1O2. The fraction of sp³-hybridized carbons (Fsp3) is 0.762. The van der Waals surface area contributed by atoms with Crippen molar-refractivity contribution in [3.05, 3.63) is 12.2 Å². The number of carboxylic acid groups (broad SMARTS) is 1. The number of unbranched alkanes of at least 4 members (excludes halogenated alkanes) is 3. The van der Waals surface area contributed by atoms with E-state index in [1.165, 1.54) is 5.01 Å². The lowest BCUT2D eigenvalue weighted by molar-refractivity contribution is -0.137. The lowest BCUT2D eigenvalue weighted by Crippen LogP contribution is -2.29. The molecular weight excluding hydrogens is 344 g/mol. The maximum atomic E-state index is 12.1. The summed E-state index contributed by atoms with van der Waals surface area (Å²) in [6.45, 7) is 2.13. The number of hydrogen-bond acceptors (Lipinski definition) is 4. The highest BCUT2D eigenvalue weighted by Gasteiger charge is 2.47. The van der Waals surface area contributed by atoms with Crippen LogP contribution in [0.25, 0.3) is 0 Å². The first-order valence-electron chi connectivity index (χ1n) is 10.4. The summed E-state index contributed by atoms with van der Waals surface area (Å²) in [7, 11) is 1.73. The Bertz CT molecular complexity index is 546. The third-order valence-corrected chi connectivity index (χ3v) is 5.59. The van der Waals surface area contributed by atoms with Crippen molar-refractivity contribution in [2.75, 3.05) is 7.05 Å². The van der Waals surface area contributed by atoms with Crippen molar-refractivity contribution in [1.29, 1.82) is 0 Å². The third kappa shape index (κ3) is 6.76. The molecule has 6 nitrogen and oxygen atoms in total. The van der Waals surface area contributed by atoms with Crippen LogP contribution < -0.4 is 0 Å². The maximum Gasteiger partial charge on any atom is 0.303 e. The van der Waals surface area contributed by atoms with Gasteiger partial charge in [-0.25, -0.2) is 5.01 Å². The summed E-state index contributed by atoms with van der Waals surface area (Å²) in [6.07, 6.45) is 15.1. The molecule has 2 rings (SSSR count). The van der Waals surface area contributed by atoms with Gasteiger partial charge in [0.1, 0.15) is 0 Å². The zero-order valence-corrected chi connectivity index (χ0v) is 16.7. The molecule has 2 bridgehead atoms. The molecule has 2 aliphatic rings. The average molecular weight is 379 g/mol. The molecular formula is C21H34N2O4. The molecule has 2 heterocycles. The van der Waals surface area contributed by atoms with Crippen molar-refractivity contribution in [1.82, 2.24) is 5.01 Å². The second-order valence-corrected chi connectivity index (χ2v) is 7.66. The first-order chi connectivity index (χ1) is 13.0. The zero-order chi connectivity index (χ0) is 19.6. The summed E-state index contributed by atoms with van der Waals surface area (Å²) in [5.74, 6) is -0.0293. The van der Waals surface area contributed by atoms with E-state index in [0.717, 1.165) is 44.9 Å². The van der Waals surface area contributed by atoms with Gasteiger partial charge in [-0.2, -0.15) is 5.10 Å². The molecule has 0 radical (unpaired) electrons. The highest BCUT2D eigenvalue weighted by molar-refractivity contribution is 5.77. The topological polar surface area (TPSA) is 79.2 Å². The lowest BCUT2D eigenvalue weighted by Gasteiger charge is -2.24. The Morgan fingerprint density at radius 2 is 1.93 bits per heavy atom. The number of hydrazone groups is 1. The maximum absolute atomic E-state index is 12.1. The van der Waals surface area contributed by atoms with Gasteiger partial charge in [0.05, 0.1) is 12.2 Å². The first-order valence-corrected chi connectivity index (χ1v) is 10.4.